The second-order valence-electron chi connectivity index (χ2n) is 8.35. The Morgan fingerprint density at radius 1 is 1.00 bits per heavy atom. The van der Waals surface area contributed by atoms with Gasteiger partial charge >= 0.3 is 0 Å². The summed E-state index contributed by atoms with van der Waals surface area (Å²) in [4.78, 5) is 13.3. The molecule has 4 rings (SSSR count). The third kappa shape index (κ3) is 3.86. The van der Waals surface area contributed by atoms with Gasteiger partial charge in [0.25, 0.3) is 0 Å². The van der Waals surface area contributed by atoms with Crippen LogP contribution in [0.4, 0.5) is 0 Å². The van der Waals surface area contributed by atoms with Crippen LogP contribution in [0.25, 0.3) is 5.57 Å². The van der Waals surface area contributed by atoms with Crippen LogP contribution in [0, 0.1) is 11.8 Å². The van der Waals surface area contributed by atoms with E-state index in [1.807, 2.05) is 0 Å². The van der Waals surface area contributed by atoms with Crippen LogP contribution in [0.15, 0.2) is 30.5 Å². The predicted octanol–water partition coefficient (Wildman–Crippen LogP) is -0.767. The van der Waals surface area contributed by atoms with Gasteiger partial charge in [-0.15, -0.1) is 0 Å². The van der Waals surface area contributed by atoms with Crippen LogP contribution in [0.2, 0.25) is 0 Å². The van der Waals surface area contributed by atoms with Crippen LogP contribution in [-0.4, -0.2) is 87.8 Å². The molecule has 31 heavy (non-hydrogen) atoms. The summed E-state index contributed by atoms with van der Waals surface area (Å²) in [5.74, 6) is -0.872. The van der Waals surface area contributed by atoms with E-state index in [1.54, 1.807) is 31.4 Å². The topological polar surface area (TPSA) is 146 Å². The lowest BCUT2D eigenvalue weighted by atomic mass is 9.68. The maximum atomic E-state index is 13.3. The summed E-state index contributed by atoms with van der Waals surface area (Å²) in [5, 5.41) is 50.9. The number of aliphatic hydroxyl groups excluding tert-OH is 5. The number of allylic oxidation sites excluding steroid dienone is 1. The Hall–Kier alpha value is -2.01. The number of benzene rings is 1. The maximum Gasteiger partial charge on any atom is 0.173 e. The molecule has 0 amide bonds. The number of Topliss-reactive ketones (excluding diaryl/α,β-unsaturated/α-hetero) is 1. The summed E-state index contributed by atoms with van der Waals surface area (Å²) in [6, 6.07) is 7.02. The van der Waals surface area contributed by atoms with Crippen molar-refractivity contribution in [1.29, 1.82) is 0 Å². The Bertz CT molecular complexity index is 821. The first-order valence-corrected chi connectivity index (χ1v) is 10.4. The molecule has 1 saturated carbocycles. The summed E-state index contributed by atoms with van der Waals surface area (Å²) in [6.07, 6.45) is -6.48. The first-order valence-electron chi connectivity index (χ1n) is 10.4. The number of aliphatic hydroxyl groups is 5. The normalized spacial score (nSPS) is 40.5. The molecule has 2 fully saturated rings. The van der Waals surface area contributed by atoms with E-state index >= 15 is 0 Å². The van der Waals surface area contributed by atoms with E-state index in [4.69, 9.17) is 14.2 Å². The van der Waals surface area contributed by atoms with Crippen LogP contribution in [0.1, 0.15) is 18.4 Å². The van der Waals surface area contributed by atoms with Crippen molar-refractivity contribution in [3.05, 3.63) is 36.1 Å². The minimum absolute atomic E-state index is 0.136. The number of hydrogen-bond acceptors (Lipinski definition) is 9. The van der Waals surface area contributed by atoms with Crippen molar-refractivity contribution < 1.29 is 44.5 Å². The predicted molar refractivity (Wildman–Crippen MR) is 107 cm³/mol. The second kappa shape index (κ2) is 8.85. The van der Waals surface area contributed by atoms with Crippen molar-refractivity contribution in [3.63, 3.8) is 0 Å². The molecule has 9 heteroatoms. The Morgan fingerprint density at radius 3 is 2.35 bits per heavy atom. The first kappa shape index (κ1) is 22.2. The van der Waals surface area contributed by atoms with Gasteiger partial charge in [0, 0.05) is 0 Å². The molecule has 2 aliphatic heterocycles. The molecular formula is C22H28O9. The van der Waals surface area contributed by atoms with Crippen LogP contribution >= 0.6 is 0 Å². The number of rotatable bonds is 4. The fraction of sp³-hybridized carbons (Fsp3) is 0.591. The van der Waals surface area contributed by atoms with Crippen molar-refractivity contribution in [1.82, 2.24) is 0 Å². The number of carbonyl (C=O) groups is 1. The van der Waals surface area contributed by atoms with E-state index in [9.17, 15) is 30.3 Å². The number of fused-ring (bicyclic) bond motifs is 1. The molecule has 0 aromatic heterocycles. The molecule has 3 aliphatic rings. The van der Waals surface area contributed by atoms with Gasteiger partial charge in [0.15, 0.2) is 5.78 Å². The Morgan fingerprint density at radius 2 is 1.71 bits per heavy atom. The highest BCUT2D eigenvalue weighted by molar-refractivity contribution is 6.22. The third-order valence-corrected chi connectivity index (χ3v) is 6.65. The van der Waals surface area contributed by atoms with Crippen molar-refractivity contribution in [3.8, 4) is 5.75 Å². The second-order valence-corrected chi connectivity index (χ2v) is 8.35. The lowest BCUT2D eigenvalue weighted by Crippen LogP contribution is -2.65. The van der Waals surface area contributed by atoms with E-state index in [0.717, 1.165) is 0 Å². The average molecular weight is 436 g/mol. The molecule has 9 nitrogen and oxygen atoms in total. The average Bonchev–Trinajstić information content (AvgIpc) is 2.79. The minimum atomic E-state index is -1.56. The third-order valence-electron chi connectivity index (χ3n) is 6.65. The summed E-state index contributed by atoms with van der Waals surface area (Å²) in [7, 11) is 1.56. The van der Waals surface area contributed by atoms with E-state index in [0.29, 0.717) is 23.3 Å². The molecule has 1 saturated heterocycles. The molecule has 0 radical (unpaired) electrons. The fourth-order valence-electron chi connectivity index (χ4n) is 4.90. The van der Waals surface area contributed by atoms with Crippen molar-refractivity contribution in [2.24, 2.45) is 11.8 Å². The van der Waals surface area contributed by atoms with Gasteiger partial charge in [-0.1, -0.05) is 12.1 Å². The van der Waals surface area contributed by atoms with Crippen LogP contribution < -0.4 is 4.74 Å². The molecule has 0 bridgehead atoms. The molecule has 4 unspecified atom stereocenters. The van der Waals surface area contributed by atoms with Crippen molar-refractivity contribution in [2.75, 3.05) is 13.7 Å². The molecule has 2 heterocycles. The standard InChI is InChI=1S/C22H28O9/c1-29-11-4-2-10(3-5-11)13-9-30-21-12(17(13)25)6-7-14(24)16(21)22-20(28)19(27)18(26)15(8-23)31-22/h2-5,9,12,14-16,18-24,26-28H,6-8H2,1H3/t12?,14?,15-,16?,18-,19+,20-,21?,22+/m1/s1. The van der Waals surface area contributed by atoms with Gasteiger partial charge in [0.2, 0.25) is 0 Å². The molecular weight excluding hydrogens is 408 g/mol. The van der Waals surface area contributed by atoms with Crippen LogP contribution in [-0.2, 0) is 14.3 Å². The fourth-order valence-corrected chi connectivity index (χ4v) is 4.90. The molecule has 0 spiro atoms. The molecule has 1 aromatic carbocycles. The highest BCUT2D eigenvalue weighted by Crippen LogP contribution is 2.43. The molecule has 5 N–H and O–H groups in total. The first-order chi connectivity index (χ1) is 14.9. The summed E-state index contributed by atoms with van der Waals surface area (Å²) in [6.45, 7) is -0.570. The van der Waals surface area contributed by atoms with Gasteiger partial charge in [-0.05, 0) is 30.5 Å². The van der Waals surface area contributed by atoms with E-state index < -0.39 is 61.2 Å². The lowest BCUT2D eigenvalue weighted by Gasteiger charge is -2.49. The van der Waals surface area contributed by atoms with Gasteiger partial charge in [-0.3, -0.25) is 4.79 Å². The zero-order valence-electron chi connectivity index (χ0n) is 17.1. The SMILES string of the molecule is COc1ccc(C2=COC3C(CCC(O)C3[C@@H]3O[C@H](CO)[C@@H](O)[C@H](O)[C@H]3O)C2=O)cc1. The monoisotopic (exact) mass is 436 g/mol. The molecule has 170 valence electrons. The van der Waals surface area contributed by atoms with Gasteiger partial charge < -0.3 is 39.7 Å². The quantitative estimate of drug-likeness (QED) is 0.411. The highest BCUT2D eigenvalue weighted by Gasteiger charge is 2.55. The summed E-state index contributed by atoms with van der Waals surface area (Å²) in [5.41, 5.74) is 1.09. The van der Waals surface area contributed by atoms with Gasteiger partial charge in [-0.25, -0.2) is 0 Å². The lowest BCUT2D eigenvalue weighted by molar-refractivity contribution is -0.262. The van der Waals surface area contributed by atoms with E-state index in [2.05, 4.69) is 0 Å². The van der Waals surface area contributed by atoms with Crippen LogP contribution in [0.5, 0.6) is 5.75 Å². The maximum absolute atomic E-state index is 13.3. The number of carbonyl (C=O) groups excluding carboxylic acids is 1. The molecule has 1 aromatic rings. The highest BCUT2D eigenvalue weighted by atomic mass is 16.5. The zero-order chi connectivity index (χ0) is 22.3. The van der Waals surface area contributed by atoms with Gasteiger partial charge in [0.05, 0.1) is 49.6 Å². The van der Waals surface area contributed by atoms with Crippen molar-refractivity contribution in [2.45, 2.75) is 55.6 Å². The van der Waals surface area contributed by atoms with E-state index in [1.165, 1.54) is 6.26 Å². The Labute approximate surface area is 179 Å². The molecule has 1 aliphatic carbocycles. The number of hydrogen-bond donors (Lipinski definition) is 5. The van der Waals surface area contributed by atoms with Gasteiger partial charge in [-0.2, -0.15) is 0 Å². The largest absolute Gasteiger partial charge is 0.497 e. The summed E-state index contributed by atoms with van der Waals surface area (Å²) >= 11 is 0. The smallest absolute Gasteiger partial charge is 0.173 e. The number of ether oxygens (including phenoxy) is 3. The zero-order valence-corrected chi connectivity index (χ0v) is 17.1. The van der Waals surface area contributed by atoms with E-state index in [-0.39, 0.29) is 12.2 Å². The number of ketones is 1. The Kier molecular flexibility index (Phi) is 6.34. The van der Waals surface area contributed by atoms with Gasteiger partial charge in [0.1, 0.15) is 36.3 Å². The molecule has 9 atom stereocenters. The minimum Gasteiger partial charge on any atom is -0.497 e. The number of methoxy groups -OCH3 is 1. The van der Waals surface area contributed by atoms with Crippen LogP contribution in [0.3, 0.4) is 0 Å². The Balaban J connectivity index is 1.61. The van der Waals surface area contributed by atoms with Crippen molar-refractivity contribution >= 4 is 11.4 Å². The summed E-state index contributed by atoms with van der Waals surface area (Å²) < 4.78 is 16.7.